The number of esters is 1. The second-order valence-corrected chi connectivity index (χ2v) is 11.6. The van der Waals surface area contributed by atoms with Crippen molar-refractivity contribution in [2.45, 2.75) is 33.2 Å². The van der Waals surface area contributed by atoms with Crippen molar-refractivity contribution in [2.24, 2.45) is 0 Å². The van der Waals surface area contributed by atoms with Crippen molar-refractivity contribution < 1.29 is 27.5 Å². The van der Waals surface area contributed by atoms with Gasteiger partial charge in [-0.15, -0.1) is 0 Å². The van der Waals surface area contributed by atoms with Gasteiger partial charge in [0, 0.05) is 34.3 Å². The molecule has 1 atom stereocenters. The van der Waals surface area contributed by atoms with Gasteiger partial charge in [-0.3, -0.25) is 4.79 Å². The average Bonchev–Trinajstić information content (AvgIpc) is 3.47. The number of halogens is 1. The van der Waals surface area contributed by atoms with E-state index in [4.69, 9.17) is 21.1 Å². The minimum Gasteiger partial charge on any atom is -0.497 e. The first-order valence-corrected chi connectivity index (χ1v) is 13.9. The van der Waals surface area contributed by atoms with Crippen LogP contribution in [-0.4, -0.2) is 59.7 Å². The molecule has 0 aliphatic carbocycles. The summed E-state index contributed by atoms with van der Waals surface area (Å²) in [5, 5.41) is 4.61. The van der Waals surface area contributed by atoms with Gasteiger partial charge < -0.3 is 14.0 Å². The van der Waals surface area contributed by atoms with E-state index in [1.54, 1.807) is 20.1 Å². The van der Waals surface area contributed by atoms with Gasteiger partial charge in [0.2, 0.25) is 5.78 Å². The Labute approximate surface area is 220 Å². The number of Topliss-reactive ketones (excluding diaryl/α,β-unsaturated/α-hetero) is 1. The molecule has 0 saturated carbocycles. The topological polar surface area (TPSA) is 109 Å². The summed E-state index contributed by atoms with van der Waals surface area (Å²) in [7, 11) is -1.50. The molecule has 1 unspecified atom stereocenters. The van der Waals surface area contributed by atoms with Crippen LogP contribution in [0.15, 0.2) is 36.4 Å². The van der Waals surface area contributed by atoms with Gasteiger partial charge in [0.25, 0.3) is 0 Å². The monoisotopic (exact) mass is 545 g/mol. The van der Waals surface area contributed by atoms with Gasteiger partial charge in [-0.1, -0.05) is 11.6 Å². The SMILES string of the molecule is COc1ccc(-n2c(C)cc(C(=O)COC(=O)/C=C/c3c(C)nn(C4CCS(=O)(=O)C4)c3Cl)c2C)cc1. The van der Waals surface area contributed by atoms with Crippen LogP contribution < -0.4 is 4.74 Å². The lowest BCUT2D eigenvalue weighted by molar-refractivity contribution is -0.136. The molecule has 1 fully saturated rings. The maximum absolute atomic E-state index is 12.8. The Kier molecular flexibility index (Phi) is 7.61. The van der Waals surface area contributed by atoms with E-state index in [1.165, 1.54) is 16.8 Å². The molecule has 0 spiro atoms. The quantitative estimate of drug-likeness (QED) is 0.238. The molecule has 0 radical (unpaired) electrons. The lowest BCUT2D eigenvalue weighted by atomic mass is 10.1. The molecule has 3 aromatic rings. The Morgan fingerprint density at radius 3 is 2.51 bits per heavy atom. The van der Waals surface area contributed by atoms with Crippen molar-refractivity contribution in [3.05, 3.63) is 69.8 Å². The fraction of sp³-hybridized carbons (Fsp3) is 0.346. The molecule has 11 heteroatoms. The number of carbonyl (C=O) groups is 2. The van der Waals surface area contributed by atoms with Gasteiger partial charge in [-0.2, -0.15) is 5.10 Å². The van der Waals surface area contributed by atoms with Gasteiger partial charge >= 0.3 is 5.97 Å². The van der Waals surface area contributed by atoms with Crippen LogP contribution in [0.1, 0.15) is 45.5 Å². The molecule has 9 nitrogen and oxygen atoms in total. The fourth-order valence-electron chi connectivity index (χ4n) is 4.52. The van der Waals surface area contributed by atoms with Crippen LogP contribution in [0.5, 0.6) is 5.75 Å². The highest BCUT2D eigenvalue weighted by Gasteiger charge is 2.31. The number of carbonyl (C=O) groups excluding carboxylic acids is 2. The van der Waals surface area contributed by atoms with E-state index in [2.05, 4.69) is 5.10 Å². The molecule has 1 aromatic carbocycles. The van der Waals surface area contributed by atoms with Crippen LogP contribution in [0.2, 0.25) is 5.15 Å². The van der Waals surface area contributed by atoms with Gasteiger partial charge in [0.05, 0.1) is 30.4 Å². The first-order chi connectivity index (χ1) is 17.5. The Hall–Kier alpha value is -3.37. The molecule has 2 aromatic heterocycles. The number of hydrogen-bond donors (Lipinski definition) is 0. The minimum atomic E-state index is -3.10. The number of aromatic nitrogens is 3. The molecular formula is C26H28ClN3O6S. The number of nitrogens with zero attached hydrogens (tertiary/aromatic N) is 3. The molecule has 1 aliphatic heterocycles. The van der Waals surface area contributed by atoms with E-state index >= 15 is 0 Å². The second kappa shape index (κ2) is 10.5. The van der Waals surface area contributed by atoms with Crippen molar-refractivity contribution in [3.63, 3.8) is 0 Å². The number of hydrogen-bond acceptors (Lipinski definition) is 7. The number of rotatable bonds is 8. The minimum absolute atomic E-state index is 0.0137. The van der Waals surface area contributed by atoms with Crippen molar-refractivity contribution in [2.75, 3.05) is 25.2 Å². The van der Waals surface area contributed by atoms with Crippen LogP contribution in [0.4, 0.5) is 0 Å². The Morgan fingerprint density at radius 2 is 1.89 bits per heavy atom. The lowest BCUT2D eigenvalue weighted by Crippen LogP contribution is -2.13. The summed E-state index contributed by atoms with van der Waals surface area (Å²) >= 11 is 6.43. The van der Waals surface area contributed by atoms with Crippen LogP contribution in [-0.2, 0) is 19.4 Å². The van der Waals surface area contributed by atoms with Crippen LogP contribution >= 0.6 is 11.6 Å². The number of sulfone groups is 1. The van der Waals surface area contributed by atoms with Crippen molar-refractivity contribution >= 4 is 39.3 Å². The third kappa shape index (κ3) is 5.65. The van der Waals surface area contributed by atoms with E-state index in [-0.39, 0.29) is 28.5 Å². The molecule has 1 aliphatic rings. The highest BCUT2D eigenvalue weighted by molar-refractivity contribution is 7.91. The lowest BCUT2D eigenvalue weighted by Gasteiger charge is -2.10. The molecule has 0 N–H and O–H groups in total. The van der Waals surface area contributed by atoms with E-state index in [1.807, 2.05) is 42.7 Å². The van der Waals surface area contributed by atoms with Gasteiger partial charge in [0.1, 0.15) is 10.9 Å². The van der Waals surface area contributed by atoms with E-state index < -0.39 is 22.4 Å². The smallest absolute Gasteiger partial charge is 0.331 e. The van der Waals surface area contributed by atoms with Crippen molar-refractivity contribution in [1.82, 2.24) is 14.3 Å². The molecule has 3 heterocycles. The van der Waals surface area contributed by atoms with Crippen LogP contribution in [0.25, 0.3) is 11.8 Å². The fourth-order valence-corrected chi connectivity index (χ4v) is 6.59. The zero-order chi connectivity index (χ0) is 26.9. The number of benzene rings is 1. The molecule has 0 amide bonds. The van der Waals surface area contributed by atoms with E-state index in [0.29, 0.717) is 23.2 Å². The zero-order valence-electron chi connectivity index (χ0n) is 21.0. The van der Waals surface area contributed by atoms with Crippen molar-refractivity contribution in [3.8, 4) is 11.4 Å². The van der Waals surface area contributed by atoms with E-state index in [0.717, 1.165) is 22.8 Å². The predicted octanol–water partition coefficient (Wildman–Crippen LogP) is 4.06. The van der Waals surface area contributed by atoms with Crippen LogP contribution in [0, 0.1) is 20.8 Å². The van der Waals surface area contributed by atoms with E-state index in [9.17, 15) is 18.0 Å². The molecule has 4 rings (SSSR count). The predicted molar refractivity (Wildman–Crippen MR) is 140 cm³/mol. The summed E-state index contributed by atoms with van der Waals surface area (Å²) in [6.07, 6.45) is 3.09. The Balaban J connectivity index is 1.41. The van der Waals surface area contributed by atoms with Gasteiger partial charge in [-0.05, 0) is 63.6 Å². The Bertz CT molecular complexity index is 1490. The molecular weight excluding hydrogens is 518 g/mol. The maximum Gasteiger partial charge on any atom is 0.331 e. The maximum atomic E-state index is 12.8. The second-order valence-electron chi connectivity index (χ2n) is 8.97. The summed E-state index contributed by atoms with van der Waals surface area (Å²) in [5.74, 6) is -0.206. The third-order valence-corrected chi connectivity index (χ3v) is 8.55. The first-order valence-electron chi connectivity index (χ1n) is 11.7. The normalized spacial score (nSPS) is 16.8. The van der Waals surface area contributed by atoms with Crippen LogP contribution in [0.3, 0.4) is 0 Å². The number of ether oxygens (including phenoxy) is 2. The summed E-state index contributed by atoms with van der Waals surface area (Å²) in [6, 6.07) is 8.93. The van der Waals surface area contributed by atoms with Gasteiger partial charge in [0.15, 0.2) is 16.4 Å². The Morgan fingerprint density at radius 1 is 1.19 bits per heavy atom. The molecule has 1 saturated heterocycles. The molecule has 196 valence electrons. The zero-order valence-corrected chi connectivity index (χ0v) is 22.6. The number of methoxy groups -OCH3 is 1. The summed E-state index contributed by atoms with van der Waals surface area (Å²) in [4.78, 5) is 25.2. The highest BCUT2D eigenvalue weighted by Crippen LogP contribution is 2.30. The first kappa shape index (κ1) is 26.7. The third-order valence-electron chi connectivity index (χ3n) is 6.42. The molecule has 37 heavy (non-hydrogen) atoms. The summed E-state index contributed by atoms with van der Waals surface area (Å²) in [5.41, 5.74) is 4.02. The molecule has 0 bridgehead atoms. The standard InChI is InChI=1S/C26H28ClN3O6S/c1-16-13-23(18(3)29(16)19-5-7-21(35-4)8-6-19)24(31)14-36-25(32)10-9-22-17(2)28-30(26(22)27)20-11-12-37(33,34)15-20/h5-10,13,20H,11-12,14-15H2,1-4H3/b10-9+. The summed E-state index contributed by atoms with van der Waals surface area (Å²) in [6.45, 7) is 5.04. The van der Waals surface area contributed by atoms with Gasteiger partial charge in [-0.25, -0.2) is 17.9 Å². The average molecular weight is 546 g/mol. The number of aryl methyl sites for hydroxylation is 2. The number of ketones is 1. The summed E-state index contributed by atoms with van der Waals surface area (Å²) < 4.78 is 37.4. The van der Waals surface area contributed by atoms with Crippen molar-refractivity contribution in [1.29, 1.82) is 0 Å². The largest absolute Gasteiger partial charge is 0.497 e. The highest BCUT2D eigenvalue weighted by atomic mass is 35.5.